The molecule has 10 heteroatoms. The number of nitrogens with zero attached hydrogens (tertiary/aromatic N) is 5. The Kier molecular flexibility index (Phi) is 5.21. The first-order chi connectivity index (χ1) is 13.5. The summed E-state index contributed by atoms with van der Waals surface area (Å²) in [6.45, 7) is 3.80. The summed E-state index contributed by atoms with van der Waals surface area (Å²) in [7, 11) is 0. The molecule has 1 unspecified atom stereocenters. The van der Waals surface area contributed by atoms with Gasteiger partial charge in [0, 0.05) is 37.0 Å². The summed E-state index contributed by atoms with van der Waals surface area (Å²) >= 11 is 1.37. The number of aromatic nitrogens is 3. The molecular weight excluding hydrogens is 380 g/mol. The molecule has 0 spiro atoms. The first-order valence-electron chi connectivity index (χ1n) is 9.45. The molecule has 4 rings (SSSR count). The Labute approximate surface area is 166 Å². The fourth-order valence-electron chi connectivity index (χ4n) is 3.29. The number of carbonyl (C=O) groups excluding carboxylic acids is 1. The monoisotopic (exact) mass is 402 g/mol. The number of benzene rings is 1. The van der Waals surface area contributed by atoms with Crippen molar-refractivity contribution in [3.05, 3.63) is 34.4 Å². The van der Waals surface area contributed by atoms with Crippen molar-refractivity contribution in [3.8, 4) is 0 Å². The molecule has 148 valence electrons. The van der Waals surface area contributed by atoms with Crippen LogP contribution in [0, 0.1) is 10.1 Å². The van der Waals surface area contributed by atoms with Crippen molar-refractivity contribution >= 4 is 35.0 Å². The highest BCUT2D eigenvalue weighted by atomic mass is 32.2. The fourth-order valence-corrected chi connectivity index (χ4v) is 4.20. The minimum Gasteiger partial charge on any atom is -0.341 e. The highest BCUT2D eigenvalue weighted by Gasteiger charge is 2.33. The van der Waals surface area contributed by atoms with Crippen LogP contribution in [-0.2, 0) is 4.79 Å². The lowest BCUT2D eigenvalue weighted by atomic mass is 10.2. The van der Waals surface area contributed by atoms with E-state index in [1.165, 1.54) is 36.7 Å². The summed E-state index contributed by atoms with van der Waals surface area (Å²) in [5.74, 6) is 0.687. The second-order valence-electron chi connectivity index (χ2n) is 7.13. The predicted octanol–water partition coefficient (Wildman–Crippen LogP) is 3.24. The van der Waals surface area contributed by atoms with Crippen LogP contribution < -0.4 is 10.2 Å². The molecule has 1 atom stereocenters. The number of nitrogens with one attached hydrogen (secondary N) is 1. The number of nitro groups is 1. The Bertz CT molecular complexity index is 891. The first-order valence-corrected chi connectivity index (χ1v) is 10.3. The van der Waals surface area contributed by atoms with E-state index in [4.69, 9.17) is 0 Å². The van der Waals surface area contributed by atoms with Gasteiger partial charge in [0.25, 0.3) is 5.69 Å². The van der Waals surface area contributed by atoms with E-state index in [1.54, 1.807) is 19.1 Å². The topological polar surface area (TPSA) is 106 Å². The lowest BCUT2D eigenvalue weighted by molar-refractivity contribution is -0.384. The number of rotatable bonds is 7. The molecule has 1 saturated carbocycles. The van der Waals surface area contributed by atoms with Crippen LogP contribution in [0.15, 0.2) is 29.4 Å². The number of carbonyl (C=O) groups is 1. The van der Waals surface area contributed by atoms with Gasteiger partial charge in [0.2, 0.25) is 11.9 Å². The first kappa shape index (κ1) is 18.7. The Hall–Kier alpha value is -2.62. The highest BCUT2D eigenvalue weighted by Crippen LogP contribution is 2.42. The molecule has 0 bridgehead atoms. The Morgan fingerprint density at radius 2 is 2.07 bits per heavy atom. The molecule has 1 saturated heterocycles. The van der Waals surface area contributed by atoms with E-state index >= 15 is 0 Å². The Morgan fingerprint density at radius 3 is 2.75 bits per heavy atom. The van der Waals surface area contributed by atoms with Crippen LogP contribution in [0.25, 0.3) is 0 Å². The molecule has 1 aliphatic heterocycles. The van der Waals surface area contributed by atoms with Crippen LogP contribution in [0.4, 0.5) is 17.3 Å². The fraction of sp³-hybridized carbons (Fsp3) is 0.500. The maximum Gasteiger partial charge on any atom is 0.271 e. The van der Waals surface area contributed by atoms with E-state index in [2.05, 4.69) is 25.0 Å². The number of thioether (sulfide) groups is 1. The third-order valence-corrected chi connectivity index (χ3v) is 5.98. The third kappa shape index (κ3) is 3.96. The molecule has 1 aromatic heterocycles. The third-order valence-electron chi connectivity index (χ3n) is 4.92. The van der Waals surface area contributed by atoms with Crippen molar-refractivity contribution in [2.45, 2.75) is 49.1 Å². The van der Waals surface area contributed by atoms with E-state index in [0.29, 0.717) is 11.7 Å². The summed E-state index contributed by atoms with van der Waals surface area (Å²) in [6, 6.07) is 6.36. The maximum atomic E-state index is 12.6. The average molecular weight is 402 g/mol. The van der Waals surface area contributed by atoms with Gasteiger partial charge in [-0.3, -0.25) is 19.5 Å². The summed E-state index contributed by atoms with van der Waals surface area (Å²) in [6.07, 6.45) is 4.56. The SMILES string of the molecule is CC(Sc1nnc(N2CCCC2)n1C1CC1)C(=O)Nc1cccc([N+](=O)[O-])c1. The standard InChI is InChI=1S/C18H22N6O3S/c1-12(16(25)19-13-5-4-6-15(11-13)24(26)27)28-18-21-20-17(22-9-2-3-10-22)23(18)14-7-8-14/h4-6,11-12,14H,2-3,7-10H2,1H3,(H,19,25). The largest absolute Gasteiger partial charge is 0.341 e. The van der Waals surface area contributed by atoms with E-state index < -0.39 is 10.2 Å². The van der Waals surface area contributed by atoms with Crippen molar-refractivity contribution in [3.63, 3.8) is 0 Å². The number of non-ortho nitro benzene ring substituents is 1. The number of hydrogen-bond donors (Lipinski definition) is 1. The van der Waals surface area contributed by atoms with Crippen molar-refractivity contribution in [2.24, 2.45) is 0 Å². The summed E-state index contributed by atoms with van der Waals surface area (Å²) in [4.78, 5) is 25.3. The van der Waals surface area contributed by atoms with Gasteiger partial charge in [-0.1, -0.05) is 17.8 Å². The van der Waals surface area contributed by atoms with Gasteiger partial charge in [-0.05, 0) is 38.7 Å². The molecule has 0 radical (unpaired) electrons. The summed E-state index contributed by atoms with van der Waals surface area (Å²) < 4.78 is 2.17. The lowest BCUT2D eigenvalue weighted by Gasteiger charge is -2.18. The van der Waals surface area contributed by atoms with E-state index in [9.17, 15) is 14.9 Å². The van der Waals surface area contributed by atoms with Crippen molar-refractivity contribution < 1.29 is 9.72 Å². The molecule has 2 fully saturated rings. The predicted molar refractivity (Wildman–Crippen MR) is 107 cm³/mol. The van der Waals surface area contributed by atoms with Crippen molar-refractivity contribution in [1.29, 1.82) is 0 Å². The number of amides is 1. The van der Waals surface area contributed by atoms with Gasteiger partial charge in [-0.25, -0.2) is 0 Å². The summed E-state index contributed by atoms with van der Waals surface area (Å²) in [5.41, 5.74) is 0.356. The minimum atomic E-state index is -0.480. The zero-order valence-corrected chi connectivity index (χ0v) is 16.4. The second-order valence-corrected chi connectivity index (χ2v) is 8.44. The number of hydrogen-bond acceptors (Lipinski definition) is 7. The summed E-state index contributed by atoms with van der Waals surface area (Å²) in [5, 5.41) is 22.7. The van der Waals surface area contributed by atoms with Gasteiger partial charge in [-0.15, -0.1) is 10.2 Å². The maximum absolute atomic E-state index is 12.6. The highest BCUT2D eigenvalue weighted by molar-refractivity contribution is 8.00. The molecule has 1 N–H and O–H groups in total. The molecule has 2 heterocycles. The van der Waals surface area contributed by atoms with Crippen LogP contribution >= 0.6 is 11.8 Å². The molecule has 2 aromatic rings. The van der Waals surface area contributed by atoms with Crippen LogP contribution in [0.5, 0.6) is 0 Å². The minimum absolute atomic E-state index is 0.0539. The van der Waals surface area contributed by atoms with Gasteiger partial charge in [-0.2, -0.15) is 0 Å². The smallest absolute Gasteiger partial charge is 0.271 e. The lowest BCUT2D eigenvalue weighted by Crippen LogP contribution is -2.24. The van der Waals surface area contributed by atoms with E-state index in [0.717, 1.165) is 37.0 Å². The van der Waals surface area contributed by atoms with E-state index in [-0.39, 0.29) is 11.6 Å². The van der Waals surface area contributed by atoms with Gasteiger partial charge < -0.3 is 10.2 Å². The normalized spacial score (nSPS) is 17.5. The molecule has 1 aromatic carbocycles. The van der Waals surface area contributed by atoms with Gasteiger partial charge in [0.1, 0.15) is 0 Å². The zero-order chi connectivity index (χ0) is 19.7. The molecule has 2 aliphatic rings. The average Bonchev–Trinajstić information content (AvgIpc) is 3.20. The van der Waals surface area contributed by atoms with Crippen molar-refractivity contribution in [1.82, 2.24) is 14.8 Å². The Morgan fingerprint density at radius 1 is 1.32 bits per heavy atom. The van der Waals surface area contributed by atoms with Crippen LogP contribution in [0.1, 0.15) is 38.6 Å². The van der Waals surface area contributed by atoms with Gasteiger partial charge in [0.15, 0.2) is 5.16 Å². The molecule has 1 aliphatic carbocycles. The number of anilines is 2. The molecule has 9 nitrogen and oxygen atoms in total. The van der Waals surface area contributed by atoms with Crippen LogP contribution in [-0.4, -0.2) is 43.9 Å². The van der Waals surface area contributed by atoms with Crippen LogP contribution in [0.2, 0.25) is 0 Å². The zero-order valence-electron chi connectivity index (χ0n) is 15.6. The van der Waals surface area contributed by atoms with Gasteiger partial charge in [0.05, 0.1) is 10.2 Å². The molecule has 28 heavy (non-hydrogen) atoms. The molecular formula is C18H22N6O3S. The van der Waals surface area contributed by atoms with Gasteiger partial charge >= 0.3 is 0 Å². The van der Waals surface area contributed by atoms with Crippen molar-refractivity contribution in [2.75, 3.05) is 23.3 Å². The number of nitro benzene ring substituents is 1. The van der Waals surface area contributed by atoms with E-state index in [1.807, 2.05) is 0 Å². The molecule has 1 amide bonds. The van der Waals surface area contributed by atoms with Crippen LogP contribution in [0.3, 0.4) is 0 Å². The quantitative estimate of drug-likeness (QED) is 0.430. The Balaban J connectivity index is 1.46. The second kappa shape index (κ2) is 7.78.